The Balaban J connectivity index is 2.04. The Hall–Kier alpha value is -2.11. The van der Waals surface area contributed by atoms with E-state index in [1.54, 1.807) is 4.90 Å². The largest absolute Gasteiger partial charge is 0.458 e. The molecule has 0 fully saturated rings. The Morgan fingerprint density at radius 2 is 2.06 bits per heavy atom. The van der Waals surface area contributed by atoms with Gasteiger partial charge in [-0.3, -0.25) is 9.36 Å². The molecule has 18 heavy (non-hydrogen) atoms. The number of carbonyl (C=O) groups excluding carboxylic acids is 1. The first-order valence-electron chi connectivity index (χ1n) is 6.00. The fourth-order valence-electron chi connectivity index (χ4n) is 2.18. The lowest BCUT2D eigenvalue weighted by molar-refractivity contribution is 0.0707. The van der Waals surface area contributed by atoms with Crippen molar-refractivity contribution < 1.29 is 9.21 Å². The Morgan fingerprint density at radius 3 is 2.72 bits per heavy atom. The number of aryl methyl sites for hydroxylation is 1. The van der Waals surface area contributed by atoms with E-state index in [1.165, 1.54) is 0 Å². The Bertz CT molecular complexity index is 599. The molecule has 0 atom stereocenters. The van der Waals surface area contributed by atoms with Crippen LogP contribution in [0.1, 0.15) is 23.3 Å². The van der Waals surface area contributed by atoms with Crippen molar-refractivity contribution in [3.05, 3.63) is 23.7 Å². The SMILES string of the molecule is CCN1CCn2c(nnc2-c2ccc(C)o2)C1=O. The number of amides is 1. The van der Waals surface area contributed by atoms with Crippen LogP contribution in [0.25, 0.3) is 11.6 Å². The van der Waals surface area contributed by atoms with E-state index in [4.69, 9.17) is 4.42 Å². The van der Waals surface area contributed by atoms with Gasteiger partial charge >= 0.3 is 0 Å². The van der Waals surface area contributed by atoms with Gasteiger partial charge in [-0.2, -0.15) is 0 Å². The third-order valence-corrected chi connectivity index (χ3v) is 3.17. The lowest BCUT2D eigenvalue weighted by atomic mass is 10.3. The molecule has 2 aromatic rings. The number of furan rings is 1. The highest BCUT2D eigenvalue weighted by molar-refractivity contribution is 5.91. The number of fused-ring (bicyclic) bond motifs is 1. The van der Waals surface area contributed by atoms with Crippen LogP contribution in [0.4, 0.5) is 0 Å². The molecular weight excluding hydrogens is 232 g/mol. The molecule has 1 amide bonds. The van der Waals surface area contributed by atoms with Gasteiger partial charge in [0, 0.05) is 19.6 Å². The van der Waals surface area contributed by atoms with Gasteiger partial charge in [-0.25, -0.2) is 0 Å². The highest BCUT2D eigenvalue weighted by Gasteiger charge is 2.29. The van der Waals surface area contributed by atoms with Crippen molar-refractivity contribution in [1.82, 2.24) is 19.7 Å². The van der Waals surface area contributed by atoms with Crippen molar-refractivity contribution in [1.29, 1.82) is 0 Å². The fraction of sp³-hybridized carbons (Fsp3) is 0.417. The Labute approximate surface area is 104 Å². The van der Waals surface area contributed by atoms with Crippen molar-refractivity contribution in [3.8, 4) is 11.6 Å². The topological polar surface area (TPSA) is 64.2 Å². The molecule has 0 radical (unpaired) electrons. The third kappa shape index (κ3) is 1.53. The summed E-state index contributed by atoms with van der Waals surface area (Å²) in [4.78, 5) is 13.8. The van der Waals surface area contributed by atoms with Crippen LogP contribution in [0, 0.1) is 6.92 Å². The third-order valence-electron chi connectivity index (χ3n) is 3.17. The van der Waals surface area contributed by atoms with Crippen LogP contribution in [0.15, 0.2) is 16.5 Å². The molecule has 0 unspecified atom stereocenters. The van der Waals surface area contributed by atoms with Crippen LogP contribution in [-0.2, 0) is 6.54 Å². The summed E-state index contributed by atoms with van der Waals surface area (Å²) in [7, 11) is 0. The van der Waals surface area contributed by atoms with Crippen molar-refractivity contribution in [2.24, 2.45) is 0 Å². The van der Waals surface area contributed by atoms with Crippen LogP contribution in [-0.4, -0.2) is 38.7 Å². The molecule has 94 valence electrons. The second-order valence-corrected chi connectivity index (χ2v) is 4.29. The van der Waals surface area contributed by atoms with Crippen LogP contribution >= 0.6 is 0 Å². The van der Waals surface area contributed by atoms with Crippen LogP contribution in [0.3, 0.4) is 0 Å². The van der Waals surface area contributed by atoms with Crippen molar-refractivity contribution >= 4 is 5.91 Å². The number of hydrogen-bond donors (Lipinski definition) is 0. The van der Waals surface area contributed by atoms with E-state index in [-0.39, 0.29) is 5.91 Å². The summed E-state index contributed by atoms with van der Waals surface area (Å²) >= 11 is 0. The van der Waals surface area contributed by atoms with Crippen molar-refractivity contribution in [3.63, 3.8) is 0 Å². The zero-order valence-electron chi connectivity index (χ0n) is 10.4. The summed E-state index contributed by atoms with van der Waals surface area (Å²) in [5.74, 6) is 2.43. The van der Waals surface area contributed by atoms with Crippen molar-refractivity contribution in [2.75, 3.05) is 13.1 Å². The average Bonchev–Trinajstić information content (AvgIpc) is 2.96. The predicted molar refractivity (Wildman–Crippen MR) is 64.0 cm³/mol. The summed E-state index contributed by atoms with van der Waals surface area (Å²) < 4.78 is 7.36. The molecule has 6 heteroatoms. The van der Waals surface area contributed by atoms with Gasteiger partial charge in [0.15, 0.2) is 11.6 Å². The number of rotatable bonds is 2. The van der Waals surface area contributed by atoms with Gasteiger partial charge in [-0.05, 0) is 26.0 Å². The summed E-state index contributed by atoms with van der Waals surface area (Å²) in [5, 5.41) is 8.06. The Morgan fingerprint density at radius 1 is 1.28 bits per heavy atom. The number of likely N-dealkylation sites (N-methyl/N-ethyl adjacent to an activating group) is 1. The predicted octanol–water partition coefficient (Wildman–Crippen LogP) is 1.32. The van der Waals surface area contributed by atoms with Gasteiger partial charge in [-0.1, -0.05) is 0 Å². The minimum Gasteiger partial charge on any atom is -0.458 e. The van der Waals surface area contributed by atoms with Gasteiger partial charge in [0.2, 0.25) is 5.82 Å². The zero-order valence-corrected chi connectivity index (χ0v) is 10.4. The molecule has 0 bridgehead atoms. The molecule has 0 spiro atoms. The molecule has 0 saturated carbocycles. The Kier molecular flexibility index (Phi) is 2.43. The minimum atomic E-state index is -0.0641. The highest BCUT2D eigenvalue weighted by atomic mass is 16.3. The van der Waals surface area contributed by atoms with E-state index in [0.717, 1.165) is 5.76 Å². The lowest BCUT2D eigenvalue weighted by Crippen LogP contribution is -2.40. The summed E-state index contributed by atoms with van der Waals surface area (Å²) in [6.07, 6.45) is 0. The van der Waals surface area contributed by atoms with Gasteiger partial charge < -0.3 is 9.32 Å². The normalized spacial score (nSPS) is 15.0. The molecule has 0 aromatic carbocycles. The second-order valence-electron chi connectivity index (χ2n) is 4.29. The first-order valence-corrected chi connectivity index (χ1v) is 6.00. The molecule has 2 aromatic heterocycles. The molecule has 0 N–H and O–H groups in total. The summed E-state index contributed by atoms with van der Waals surface area (Å²) in [6.45, 7) is 5.92. The first-order chi connectivity index (χ1) is 8.70. The summed E-state index contributed by atoms with van der Waals surface area (Å²) in [5.41, 5.74) is 0. The van der Waals surface area contributed by atoms with Crippen LogP contribution < -0.4 is 0 Å². The number of hydrogen-bond acceptors (Lipinski definition) is 4. The number of nitrogens with zero attached hydrogens (tertiary/aromatic N) is 4. The molecule has 3 heterocycles. The van der Waals surface area contributed by atoms with Crippen LogP contribution in [0.2, 0.25) is 0 Å². The molecule has 0 aliphatic carbocycles. The van der Waals surface area contributed by atoms with E-state index in [1.807, 2.05) is 30.5 Å². The van der Waals surface area contributed by atoms with E-state index in [9.17, 15) is 4.79 Å². The maximum atomic E-state index is 12.1. The average molecular weight is 246 g/mol. The molecule has 3 rings (SSSR count). The van der Waals surface area contributed by atoms with Gasteiger partial charge in [0.1, 0.15) is 5.76 Å². The monoisotopic (exact) mass is 246 g/mol. The van der Waals surface area contributed by atoms with Crippen LogP contribution in [0.5, 0.6) is 0 Å². The lowest BCUT2D eigenvalue weighted by Gasteiger charge is -2.25. The van der Waals surface area contributed by atoms with E-state index in [0.29, 0.717) is 37.0 Å². The quantitative estimate of drug-likeness (QED) is 0.801. The standard InChI is InChI=1S/C12H14N4O2/c1-3-15-6-7-16-10(9-5-4-8(2)18-9)13-14-11(16)12(15)17/h4-5H,3,6-7H2,1-2H3. The highest BCUT2D eigenvalue weighted by Crippen LogP contribution is 2.23. The smallest absolute Gasteiger partial charge is 0.291 e. The molecule has 0 saturated heterocycles. The van der Waals surface area contributed by atoms with Gasteiger partial charge in [0.25, 0.3) is 5.91 Å². The molecule has 1 aliphatic rings. The van der Waals surface area contributed by atoms with E-state index >= 15 is 0 Å². The molecular formula is C12H14N4O2. The zero-order chi connectivity index (χ0) is 12.7. The number of aromatic nitrogens is 3. The van der Waals surface area contributed by atoms with Gasteiger partial charge in [0.05, 0.1) is 0 Å². The molecule has 6 nitrogen and oxygen atoms in total. The van der Waals surface area contributed by atoms with Gasteiger partial charge in [-0.15, -0.1) is 10.2 Å². The molecule has 1 aliphatic heterocycles. The van der Waals surface area contributed by atoms with Crippen molar-refractivity contribution in [2.45, 2.75) is 20.4 Å². The first kappa shape index (κ1) is 11.0. The van der Waals surface area contributed by atoms with E-state index in [2.05, 4.69) is 10.2 Å². The maximum Gasteiger partial charge on any atom is 0.291 e. The fourth-order valence-corrected chi connectivity index (χ4v) is 2.18. The second kappa shape index (κ2) is 3.97. The minimum absolute atomic E-state index is 0.0641. The number of carbonyl (C=O) groups is 1. The van der Waals surface area contributed by atoms with E-state index < -0.39 is 0 Å². The summed E-state index contributed by atoms with van der Waals surface area (Å²) in [6, 6.07) is 3.73. The maximum absolute atomic E-state index is 12.1.